The Bertz CT molecular complexity index is 494. The predicted octanol–water partition coefficient (Wildman–Crippen LogP) is 9.24. The molecule has 0 spiro atoms. The smallest absolute Gasteiger partial charge is 0.0233 e. The molecule has 3 unspecified atom stereocenters. The molecule has 0 N–H and O–H groups in total. The zero-order valence-electron chi connectivity index (χ0n) is 20.3. The van der Waals surface area contributed by atoms with Gasteiger partial charge in [0.15, 0.2) is 0 Å². The topological polar surface area (TPSA) is 0 Å². The molecule has 2 rings (SSSR count). The first-order valence-corrected chi connectivity index (χ1v) is 12.9. The van der Waals surface area contributed by atoms with Gasteiger partial charge in [0, 0.05) is 0 Å². The SMILES string of the molecule is C=CC1CCC(C2CCC(/C=C/C(C)CCC(C)C(C)/C=C\C(C)C)CC2)CC1. The first-order chi connectivity index (χ1) is 13.9. The van der Waals surface area contributed by atoms with Crippen LogP contribution < -0.4 is 0 Å². The van der Waals surface area contributed by atoms with Gasteiger partial charge in [-0.3, -0.25) is 0 Å². The third kappa shape index (κ3) is 8.85. The summed E-state index contributed by atoms with van der Waals surface area (Å²) in [6.45, 7) is 15.8. The van der Waals surface area contributed by atoms with E-state index in [1.807, 2.05) is 0 Å². The highest BCUT2D eigenvalue weighted by Gasteiger charge is 2.29. The van der Waals surface area contributed by atoms with Gasteiger partial charge in [-0.1, -0.05) is 65.0 Å². The fraction of sp³-hybridized carbons (Fsp3) is 0.793. The van der Waals surface area contributed by atoms with Gasteiger partial charge in [-0.25, -0.2) is 0 Å². The third-order valence-corrected chi connectivity index (χ3v) is 8.12. The van der Waals surface area contributed by atoms with Crippen LogP contribution in [0.5, 0.6) is 0 Å². The van der Waals surface area contributed by atoms with Crippen molar-refractivity contribution in [2.75, 3.05) is 0 Å². The van der Waals surface area contributed by atoms with Crippen molar-refractivity contribution in [3.63, 3.8) is 0 Å². The van der Waals surface area contributed by atoms with Crippen molar-refractivity contribution in [2.24, 2.45) is 47.3 Å². The van der Waals surface area contributed by atoms with E-state index in [-0.39, 0.29) is 0 Å². The molecule has 166 valence electrons. The normalized spacial score (nSPS) is 31.9. The minimum absolute atomic E-state index is 0.670. The van der Waals surface area contributed by atoms with Crippen LogP contribution in [0, 0.1) is 47.3 Å². The van der Waals surface area contributed by atoms with E-state index >= 15 is 0 Å². The highest BCUT2D eigenvalue weighted by Crippen LogP contribution is 2.41. The van der Waals surface area contributed by atoms with Crippen molar-refractivity contribution in [3.05, 3.63) is 37.0 Å². The molecular formula is C29H50. The van der Waals surface area contributed by atoms with Crippen molar-refractivity contribution in [1.82, 2.24) is 0 Å². The maximum Gasteiger partial charge on any atom is -0.0233 e. The van der Waals surface area contributed by atoms with E-state index in [0.29, 0.717) is 11.8 Å². The Morgan fingerprint density at radius 2 is 1.24 bits per heavy atom. The Hall–Kier alpha value is -0.780. The van der Waals surface area contributed by atoms with Gasteiger partial charge in [0.05, 0.1) is 0 Å². The lowest BCUT2D eigenvalue weighted by Crippen LogP contribution is -2.25. The summed E-state index contributed by atoms with van der Waals surface area (Å²) in [6.07, 6.45) is 26.3. The van der Waals surface area contributed by atoms with E-state index in [0.717, 1.165) is 35.5 Å². The molecule has 2 fully saturated rings. The summed E-state index contributed by atoms with van der Waals surface area (Å²) in [5.41, 5.74) is 0. The molecule has 29 heavy (non-hydrogen) atoms. The molecule has 0 bridgehead atoms. The van der Waals surface area contributed by atoms with Crippen LogP contribution >= 0.6 is 0 Å². The first-order valence-electron chi connectivity index (χ1n) is 12.9. The fourth-order valence-electron chi connectivity index (χ4n) is 5.48. The molecule has 0 aromatic heterocycles. The molecule has 0 aromatic carbocycles. The van der Waals surface area contributed by atoms with Crippen LogP contribution in [0.4, 0.5) is 0 Å². The molecule has 0 aliphatic heterocycles. The number of hydrogen-bond donors (Lipinski definition) is 0. The summed E-state index contributed by atoms with van der Waals surface area (Å²) in [7, 11) is 0. The van der Waals surface area contributed by atoms with E-state index in [9.17, 15) is 0 Å². The van der Waals surface area contributed by atoms with E-state index in [2.05, 4.69) is 71.6 Å². The summed E-state index contributed by atoms with van der Waals surface area (Å²) >= 11 is 0. The lowest BCUT2D eigenvalue weighted by Gasteiger charge is -2.36. The Labute approximate surface area is 183 Å². The molecule has 2 aliphatic carbocycles. The fourth-order valence-corrected chi connectivity index (χ4v) is 5.48. The van der Waals surface area contributed by atoms with Gasteiger partial charge in [0.1, 0.15) is 0 Å². The van der Waals surface area contributed by atoms with Crippen LogP contribution in [0.25, 0.3) is 0 Å². The van der Waals surface area contributed by atoms with E-state index < -0.39 is 0 Å². The second kappa shape index (κ2) is 12.8. The van der Waals surface area contributed by atoms with Crippen LogP contribution in [0.15, 0.2) is 37.0 Å². The molecule has 3 atom stereocenters. The van der Waals surface area contributed by atoms with Gasteiger partial charge in [-0.2, -0.15) is 0 Å². The summed E-state index contributed by atoms with van der Waals surface area (Å²) < 4.78 is 0. The van der Waals surface area contributed by atoms with E-state index in [4.69, 9.17) is 0 Å². The second-order valence-electron chi connectivity index (χ2n) is 11.0. The Morgan fingerprint density at radius 1 is 0.690 bits per heavy atom. The van der Waals surface area contributed by atoms with Crippen molar-refractivity contribution < 1.29 is 0 Å². The van der Waals surface area contributed by atoms with Crippen LogP contribution in [-0.4, -0.2) is 0 Å². The summed E-state index contributed by atoms with van der Waals surface area (Å²) in [5.74, 6) is 6.58. The average Bonchev–Trinajstić information content (AvgIpc) is 2.74. The molecular weight excluding hydrogens is 348 g/mol. The highest BCUT2D eigenvalue weighted by molar-refractivity contribution is 4.96. The van der Waals surface area contributed by atoms with Crippen LogP contribution in [-0.2, 0) is 0 Å². The van der Waals surface area contributed by atoms with Crippen molar-refractivity contribution in [2.45, 2.75) is 98.8 Å². The van der Waals surface area contributed by atoms with E-state index in [1.165, 1.54) is 64.2 Å². The lowest BCUT2D eigenvalue weighted by atomic mass is 9.69. The van der Waals surface area contributed by atoms with Gasteiger partial charge >= 0.3 is 0 Å². The Balaban J connectivity index is 1.64. The molecule has 2 saturated carbocycles. The van der Waals surface area contributed by atoms with Gasteiger partial charge in [0.25, 0.3) is 0 Å². The largest absolute Gasteiger partial charge is 0.103 e. The minimum atomic E-state index is 0.670. The summed E-state index contributed by atoms with van der Waals surface area (Å²) in [5, 5.41) is 0. The van der Waals surface area contributed by atoms with Crippen LogP contribution in [0.3, 0.4) is 0 Å². The average molecular weight is 399 g/mol. The highest BCUT2D eigenvalue weighted by atomic mass is 14.3. The first kappa shape index (κ1) is 24.5. The zero-order valence-corrected chi connectivity index (χ0v) is 20.3. The van der Waals surface area contributed by atoms with E-state index in [1.54, 1.807) is 0 Å². The van der Waals surface area contributed by atoms with Crippen molar-refractivity contribution in [3.8, 4) is 0 Å². The van der Waals surface area contributed by atoms with Gasteiger partial charge in [-0.15, -0.1) is 6.58 Å². The molecule has 0 heterocycles. The Morgan fingerprint density at radius 3 is 1.76 bits per heavy atom. The molecule has 2 aliphatic rings. The molecule has 0 heteroatoms. The standard InChI is InChI=1S/C29H50/c1-7-26-14-18-28(19-15-26)29-20-16-27(17-21-29)13-10-23(4)9-12-25(6)24(5)11-8-22(2)3/h7-8,10-11,13,22-29H,1,9,12,14-21H2,2-6H3/b11-8-,13-10+. The number of allylic oxidation sites excluding steroid dienone is 5. The zero-order chi connectivity index (χ0) is 21.2. The molecule has 0 radical (unpaired) electrons. The maximum absolute atomic E-state index is 4.00. The molecule has 0 saturated heterocycles. The second-order valence-corrected chi connectivity index (χ2v) is 11.0. The van der Waals surface area contributed by atoms with Crippen LogP contribution in [0.2, 0.25) is 0 Å². The molecule has 0 nitrogen and oxygen atoms in total. The maximum atomic E-state index is 4.00. The van der Waals surface area contributed by atoms with Gasteiger partial charge in [-0.05, 0) is 112 Å². The number of hydrogen-bond acceptors (Lipinski definition) is 0. The lowest BCUT2D eigenvalue weighted by molar-refractivity contribution is 0.166. The van der Waals surface area contributed by atoms with Crippen LogP contribution in [0.1, 0.15) is 98.8 Å². The number of rotatable bonds is 10. The van der Waals surface area contributed by atoms with Crippen molar-refractivity contribution >= 4 is 0 Å². The Kier molecular flexibility index (Phi) is 10.8. The van der Waals surface area contributed by atoms with Crippen molar-refractivity contribution in [1.29, 1.82) is 0 Å². The molecule has 0 amide bonds. The predicted molar refractivity (Wildman–Crippen MR) is 131 cm³/mol. The van der Waals surface area contributed by atoms with Gasteiger partial charge in [0.2, 0.25) is 0 Å². The molecule has 0 aromatic rings. The third-order valence-electron chi connectivity index (χ3n) is 8.12. The summed E-state index contributed by atoms with van der Waals surface area (Å²) in [4.78, 5) is 0. The monoisotopic (exact) mass is 398 g/mol. The van der Waals surface area contributed by atoms with Gasteiger partial charge < -0.3 is 0 Å². The summed E-state index contributed by atoms with van der Waals surface area (Å²) in [6, 6.07) is 0. The minimum Gasteiger partial charge on any atom is -0.103 e. The quantitative estimate of drug-likeness (QED) is 0.322.